The molecule has 25 heavy (non-hydrogen) atoms. The summed E-state index contributed by atoms with van der Waals surface area (Å²) in [7, 11) is 0. The van der Waals surface area contributed by atoms with Crippen LogP contribution in [0.15, 0.2) is 0 Å². The zero-order valence-electron chi connectivity index (χ0n) is 15.6. The summed E-state index contributed by atoms with van der Waals surface area (Å²) in [5.74, 6) is 0.599. The molecule has 5 rings (SSSR count). The van der Waals surface area contributed by atoms with Crippen LogP contribution >= 0.6 is 0 Å². The zero-order chi connectivity index (χ0) is 16.8. The van der Waals surface area contributed by atoms with Crippen molar-refractivity contribution in [3.8, 4) is 0 Å². The normalized spacial score (nSPS) is 52.9. The molecule has 8 bridgehead atoms. The second kappa shape index (κ2) is 7.08. The maximum Gasteiger partial charge on any atom is 0.0224 e. The molecule has 9 unspecified atom stereocenters. The molecule has 5 heterocycles. The van der Waals surface area contributed by atoms with E-state index in [4.69, 9.17) is 5.73 Å². The third kappa shape index (κ3) is 3.39. The number of hydrogen-bond donors (Lipinski definition) is 5. The molecular formula is C20H37N5. The van der Waals surface area contributed by atoms with Crippen molar-refractivity contribution in [1.82, 2.24) is 21.3 Å². The van der Waals surface area contributed by atoms with Gasteiger partial charge in [-0.1, -0.05) is 0 Å². The lowest BCUT2D eigenvalue weighted by atomic mass is 9.89. The van der Waals surface area contributed by atoms with E-state index in [0.717, 1.165) is 24.7 Å². The molecule has 5 aliphatic heterocycles. The van der Waals surface area contributed by atoms with Crippen LogP contribution in [0.25, 0.3) is 0 Å². The van der Waals surface area contributed by atoms with E-state index in [1.165, 1.54) is 64.2 Å². The van der Waals surface area contributed by atoms with Gasteiger partial charge < -0.3 is 27.0 Å². The number of fused-ring (bicyclic) bond motifs is 9. The molecule has 6 N–H and O–H groups in total. The van der Waals surface area contributed by atoms with E-state index < -0.39 is 0 Å². The number of hydrogen-bond acceptors (Lipinski definition) is 5. The molecule has 0 aromatic heterocycles. The van der Waals surface area contributed by atoms with Crippen molar-refractivity contribution in [3.05, 3.63) is 0 Å². The lowest BCUT2D eigenvalue weighted by Crippen LogP contribution is -2.51. The Morgan fingerprint density at radius 1 is 0.520 bits per heavy atom. The molecule has 0 aliphatic carbocycles. The summed E-state index contributed by atoms with van der Waals surface area (Å²) < 4.78 is 0. The van der Waals surface area contributed by atoms with Gasteiger partial charge in [-0.15, -0.1) is 0 Å². The minimum atomic E-state index is 0.599. The van der Waals surface area contributed by atoms with Crippen molar-refractivity contribution in [1.29, 1.82) is 0 Å². The Hall–Kier alpha value is -0.200. The van der Waals surface area contributed by atoms with Crippen LogP contribution in [0, 0.1) is 5.92 Å². The third-order valence-electron chi connectivity index (χ3n) is 8.03. The summed E-state index contributed by atoms with van der Waals surface area (Å²) in [5, 5.41) is 15.9. The molecule has 5 heteroatoms. The van der Waals surface area contributed by atoms with Crippen molar-refractivity contribution < 1.29 is 0 Å². The molecule has 5 nitrogen and oxygen atoms in total. The lowest BCUT2D eigenvalue weighted by molar-refractivity contribution is 0.288. The molecule has 142 valence electrons. The topological polar surface area (TPSA) is 74.1 Å². The van der Waals surface area contributed by atoms with Gasteiger partial charge in [0.25, 0.3) is 0 Å². The van der Waals surface area contributed by atoms with Gasteiger partial charge in [0.05, 0.1) is 0 Å². The first kappa shape index (κ1) is 16.9. The van der Waals surface area contributed by atoms with E-state index >= 15 is 0 Å². The SMILES string of the molecule is NCC1C2CCC(CC3CCC(CC4CCC(N4)C4CCC1N4)N3)N2. The van der Waals surface area contributed by atoms with Gasteiger partial charge in [0.2, 0.25) is 0 Å². The first-order chi connectivity index (χ1) is 12.3. The molecule has 0 aromatic rings. The van der Waals surface area contributed by atoms with Crippen LogP contribution < -0.4 is 27.0 Å². The maximum atomic E-state index is 6.26. The molecule has 0 spiro atoms. The van der Waals surface area contributed by atoms with E-state index in [-0.39, 0.29) is 0 Å². The summed E-state index contributed by atoms with van der Waals surface area (Å²) >= 11 is 0. The van der Waals surface area contributed by atoms with Gasteiger partial charge >= 0.3 is 0 Å². The van der Waals surface area contributed by atoms with Crippen molar-refractivity contribution in [2.75, 3.05) is 6.54 Å². The second-order valence-corrected chi connectivity index (χ2v) is 9.56. The summed E-state index contributed by atoms with van der Waals surface area (Å²) in [5.41, 5.74) is 6.26. The Balaban J connectivity index is 1.34. The van der Waals surface area contributed by atoms with Gasteiger partial charge in [-0.25, -0.2) is 0 Å². The Kier molecular flexibility index (Phi) is 4.80. The van der Waals surface area contributed by atoms with Crippen molar-refractivity contribution in [3.63, 3.8) is 0 Å². The molecule has 0 radical (unpaired) electrons. The van der Waals surface area contributed by atoms with Crippen LogP contribution in [0.2, 0.25) is 0 Å². The largest absolute Gasteiger partial charge is 0.330 e. The van der Waals surface area contributed by atoms with E-state index in [1.54, 1.807) is 0 Å². The number of rotatable bonds is 1. The van der Waals surface area contributed by atoms with Crippen LogP contribution in [0.4, 0.5) is 0 Å². The molecule has 0 aromatic carbocycles. The van der Waals surface area contributed by atoms with Gasteiger partial charge in [0, 0.05) is 54.3 Å². The zero-order valence-corrected chi connectivity index (χ0v) is 15.6. The minimum absolute atomic E-state index is 0.599. The second-order valence-electron chi connectivity index (χ2n) is 9.56. The highest BCUT2D eigenvalue weighted by atomic mass is 15.1. The predicted molar refractivity (Wildman–Crippen MR) is 102 cm³/mol. The summed E-state index contributed by atoms with van der Waals surface area (Å²) in [6.45, 7) is 0.819. The fourth-order valence-corrected chi connectivity index (χ4v) is 6.75. The third-order valence-corrected chi connectivity index (χ3v) is 8.03. The number of nitrogens with one attached hydrogen (secondary N) is 4. The lowest BCUT2D eigenvalue weighted by Gasteiger charge is -2.31. The Bertz CT molecular complexity index is 471. The highest BCUT2D eigenvalue weighted by Crippen LogP contribution is 2.33. The van der Waals surface area contributed by atoms with Crippen LogP contribution in [-0.4, -0.2) is 54.9 Å². The first-order valence-corrected chi connectivity index (χ1v) is 11.0. The summed E-state index contributed by atoms with van der Waals surface area (Å²) in [6.07, 6.45) is 13.4. The van der Waals surface area contributed by atoms with Gasteiger partial charge in [0.15, 0.2) is 0 Å². The minimum Gasteiger partial charge on any atom is -0.330 e. The van der Waals surface area contributed by atoms with E-state index in [9.17, 15) is 0 Å². The molecule has 9 atom stereocenters. The Morgan fingerprint density at radius 2 is 0.960 bits per heavy atom. The molecule has 0 amide bonds. The van der Waals surface area contributed by atoms with E-state index in [2.05, 4.69) is 21.3 Å². The van der Waals surface area contributed by atoms with Gasteiger partial charge in [-0.05, 0) is 70.8 Å². The van der Waals surface area contributed by atoms with Crippen molar-refractivity contribution in [2.45, 2.75) is 113 Å². The van der Waals surface area contributed by atoms with Gasteiger partial charge in [-0.2, -0.15) is 0 Å². The summed E-state index contributed by atoms with van der Waals surface area (Å²) in [6, 6.07) is 5.49. The quantitative estimate of drug-likeness (QED) is 0.486. The average molecular weight is 348 g/mol. The molecule has 0 saturated carbocycles. The Labute approximate surface area is 152 Å². The van der Waals surface area contributed by atoms with E-state index in [1.807, 2.05) is 0 Å². The van der Waals surface area contributed by atoms with Crippen LogP contribution in [0.3, 0.4) is 0 Å². The smallest absolute Gasteiger partial charge is 0.0224 e. The first-order valence-electron chi connectivity index (χ1n) is 11.0. The van der Waals surface area contributed by atoms with Gasteiger partial charge in [-0.3, -0.25) is 0 Å². The fourth-order valence-electron chi connectivity index (χ4n) is 6.75. The van der Waals surface area contributed by atoms with Crippen molar-refractivity contribution in [2.24, 2.45) is 11.7 Å². The molecule has 5 fully saturated rings. The van der Waals surface area contributed by atoms with E-state index in [0.29, 0.717) is 36.1 Å². The maximum absolute atomic E-state index is 6.26. The molecule has 5 saturated heterocycles. The highest BCUT2D eigenvalue weighted by Gasteiger charge is 2.42. The summed E-state index contributed by atoms with van der Waals surface area (Å²) in [4.78, 5) is 0. The monoisotopic (exact) mass is 347 g/mol. The Morgan fingerprint density at radius 3 is 1.68 bits per heavy atom. The average Bonchev–Trinajstić information content (AvgIpc) is 3.37. The fraction of sp³-hybridized carbons (Fsp3) is 1.00. The van der Waals surface area contributed by atoms with Crippen molar-refractivity contribution >= 4 is 0 Å². The molecular weight excluding hydrogens is 310 g/mol. The number of nitrogens with two attached hydrogens (primary N) is 1. The van der Waals surface area contributed by atoms with Crippen LogP contribution in [0.1, 0.15) is 64.2 Å². The van der Waals surface area contributed by atoms with Crippen LogP contribution in [0.5, 0.6) is 0 Å². The van der Waals surface area contributed by atoms with Crippen LogP contribution in [-0.2, 0) is 0 Å². The predicted octanol–water partition coefficient (Wildman–Crippen LogP) is 0.838. The highest BCUT2D eigenvalue weighted by molar-refractivity contribution is 5.03. The standard InChI is InChI=1S/C20H37N5/c21-11-16-17-5-3-14(23-17)9-12-1-2-13(22-12)10-15-4-6-19(24-15)20-8-7-18(16)25-20/h12-20,22-25H,1-11,21H2. The van der Waals surface area contributed by atoms with Gasteiger partial charge in [0.1, 0.15) is 0 Å². The molecule has 5 aliphatic rings.